The van der Waals surface area contributed by atoms with Crippen LogP contribution in [0.25, 0.3) is 0 Å². The van der Waals surface area contributed by atoms with Gasteiger partial charge in [-0.3, -0.25) is 14.9 Å². The van der Waals surface area contributed by atoms with Gasteiger partial charge in [0.2, 0.25) is 5.75 Å². The summed E-state index contributed by atoms with van der Waals surface area (Å²) in [6.07, 6.45) is 0.231. The maximum Gasteiger partial charge on any atom is 0.315 e. The van der Waals surface area contributed by atoms with Crippen LogP contribution < -0.4 is 14.9 Å². The van der Waals surface area contributed by atoms with Gasteiger partial charge < -0.3 is 14.6 Å². The van der Waals surface area contributed by atoms with Crippen molar-refractivity contribution in [1.82, 2.24) is 5.43 Å². The topological polar surface area (TPSA) is 123 Å². The largest absolute Gasteiger partial charge is 0.500 e. The number of aromatic hydroxyl groups is 1. The molecule has 0 aliphatic heterocycles. The van der Waals surface area contributed by atoms with Crippen LogP contribution in [0.2, 0.25) is 10.0 Å². The van der Waals surface area contributed by atoms with Crippen LogP contribution in [0.15, 0.2) is 35.4 Å². The number of benzene rings is 2. The van der Waals surface area contributed by atoms with Gasteiger partial charge in [0.15, 0.2) is 11.9 Å². The lowest BCUT2D eigenvalue weighted by molar-refractivity contribution is -0.386. The number of nitro benzene ring substituents is 1. The van der Waals surface area contributed by atoms with Gasteiger partial charge in [-0.2, -0.15) is 5.10 Å². The molecule has 2 N–H and O–H groups in total. The van der Waals surface area contributed by atoms with Crippen LogP contribution in [0, 0.1) is 10.1 Å². The molecule has 0 unspecified atom stereocenters. The molecule has 0 saturated carbocycles. The molecule has 148 valence electrons. The molecule has 0 saturated heterocycles. The summed E-state index contributed by atoms with van der Waals surface area (Å²) in [7, 11) is 1.25. The number of carbonyl (C=O) groups is 1. The molecule has 0 aromatic heterocycles. The second kappa shape index (κ2) is 9.25. The summed E-state index contributed by atoms with van der Waals surface area (Å²) < 4.78 is 10.3. The predicted molar refractivity (Wildman–Crippen MR) is 104 cm³/mol. The first kappa shape index (κ1) is 21.3. The Morgan fingerprint density at radius 2 is 2.04 bits per heavy atom. The summed E-state index contributed by atoms with van der Waals surface area (Å²) in [5.41, 5.74) is 1.92. The quantitative estimate of drug-likeness (QED) is 0.395. The lowest BCUT2D eigenvalue weighted by atomic mass is 10.2. The van der Waals surface area contributed by atoms with Crippen molar-refractivity contribution < 1.29 is 24.3 Å². The van der Waals surface area contributed by atoms with Crippen molar-refractivity contribution in [2.75, 3.05) is 7.11 Å². The van der Waals surface area contributed by atoms with E-state index in [1.165, 1.54) is 32.2 Å². The molecule has 2 rings (SSSR count). The third-order valence-electron chi connectivity index (χ3n) is 3.45. The van der Waals surface area contributed by atoms with Gasteiger partial charge in [-0.15, -0.1) is 0 Å². The number of methoxy groups -OCH3 is 1. The van der Waals surface area contributed by atoms with Gasteiger partial charge in [-0.1, -0.05) is 23.2 Å². The zero-order valence-electron chi connectivity index (χ0n) is 14.7. The Labute approximate surface area is 169 Å². The number of ether oxygens (including phenoxy) is 2. The van der Waals surface area contributed by atoms with E-state index >= 15 is 0 Å². The number of carbonyl (C=O) groups excluding carboxylic acids is 1. The second-order valence-electron chi connectivity index (χ2n) is 5.42. The molecule has 2 aromatic rings. The highest BCUT2D eigenvalue weighted by Crippen LogP contribution is 2.36. The summed E-state index contributed by atoms with van der Waals surface area (Å²) in [5.74, 6) is -1.01. The second-order valence-corrected chi connectivity index (χ2v) is 6.26. The monoisotopic (exact) mass is 427 g/mol. The van der Waals surface area contributed by atoms with Crippen LogP contribution in [0.4, 0.5) is 5.69 Å². The fraction of sp³-hybridized carbons (Fsp3) is 0.176. The number of phenols is 1. The Kier molecular flexibility index (Phi) is 7.02. The van der Waals surface area contributed by atoms with Crippen LogP contribution in [0.1, 0.15) is 12.5 Å². The molecule has 0 bridgehead atoms. The molecular formula is C17H15Cl2N3O6. The number of hydrogen-bond acceptors (Lipinski definition) is 7. The molecule has 0 heterocycles. The normalized spacial score (nSPS) is 11.9. The molecule has 0 aliphatic rings. The molecule has 9 nitrogen and oxygen atoms in total. The minimum absolute atomic E-state index is 0.101. The first-order valence-electron chi connectivity index (χ1n) is 7.73. The van der Waals surface area contributed by atoms with Gasteiger partial charge in [-0.05, 0) is 31.2 Å². The van der Waals surface area contributed by atoms with Gasteiger partial charge in [0, 0.05) is 16.7 Å². The smallest absolute Gasteiger partial charge is 0.315 e. The van der Waals surface area contributed by atoms with Crippen LogP contribution in [0.5, 0.6) is 17.2 Å². The van der Waals surface area contributed by atoms with Crippen molar-refractivity contribution in [1.29, 1.82) is 0 Å². The van der Waals surface area contributed by atoms with E-state index in [4.69, 9.17) is 32.7 Å². The van der Waals surface area contributed by atoms with Crippen molar-refractivity contribution in [3.05, 3.63) is 56.1 Å². The fourth-order valence-corrected chi connectivity index (χ4v) is 2.51. The zero-order valence-corrected chi connectivity index (χ0v) is 16.2. The highest BCUT2D eigenvalue weighted by molar-refractivity contribution is 6.35. The Balaban J connectivity index is 2.06. The minimum atomic E-state index is -0.931. The Morgan fingerprint density at radius 1 is 1.32 bits per heavy atom. The number of nitro groups is 1. The lowest BCUT2D eigenvalue weighted by Crippen LogP contribution is -2.33. The van der Waals surface area contributed by atoms with E-state index in [1.54, 1.807) is 6.07 Å². The van der Waals surface area contributed by atoms with E-state index in [1.807, 2.05) is 0 Å². The molecule has 0 aliphatic carbocycles. The van der Waals surface area contributed by atoms with Crippen molar-refractivity contribution in [2.24, 2.45) is 5.10 Å². The minimum Gasteiger partial charge on any atom is -0.500 e. The van der Waals surface area contributed by atoms with E-state index in [0.29, 0.717) is 5.02 Å². The molecular weight excluding hydrogens is 413 g/mol. The van der Waals surface area contributed by atoms with Crippen molar-refractivity contribution in [3.8, 4) is 17.2 Å². The van der Waals surface area contributed by atoms with Gasteiger partial charge in [0.1, 0.15) is 5.75 Å². The highest BCUT2D eigenvalue weighted by Gasteiger charge is 2.19. The number of hydrogen-bond donors (Lipinski definition) is 2. The molecule has 0 fully saturated rings. The third kappa shape index (κ3) is 5.24. The summed E-state index contributed by atoms with van der Waals surface area (Å²) >= 11 is 11.8. The Morgan fingerprint density at radius 3 is 2.64 bits per heavy atom. The number of halogens is 2. The molecule has 28 heavy (non-hydrogen) atoms. The summed E-state index contributed by atoms with van der Waals surface area (Å²) in [5, 5.41) is 25.1. The average molecular weight is 428 g/mol. The van der Waals surface area contributed by atoms with Crippen LogP contribution in [0.3, 0.4) is 0 Å². The summed E-state index contributed by atoms with van der Waals surface area (Å²) in [6.45, 7) is 1.49. The molecule has 11 heteroatoms. The molecule has 0 radical (unpaired) electrons. The van der Waals surface area contributed by atoms with E-state index in [-0.39, 0.29) is 22.1 Å². The number of nitrogens with one attached hydrogen (secondary N) is 1. The number of hydrazone groups is 1. The van der Waals surface area contributed by atoms with Gasteiger partial charge >= 0.3 is 5.69 Å². The Bertz CT molecular complexity index is 935. The maximum absolute atomic E-state index is 12.1. The van der Waals surface area contributed by atoms with Crippen LogP contribution in [-0.4, -0.2) is 35.4 Å². The number of phenolic OH excluding ortho intramolecular Hbond substituents is 1. The first-order valence-corrected chi connectivity index (χ1v) is 8.48. The van der Waals surface area contributed by atoms with Crippen molar-refractivity contribution in [3.63, 3.8) is 0 Å². The summed E-state index contributed by atoms with van der Waals surface area (Å²) in [4.78, 5) is 22.3. The van der Waals surface area contributed by atoms with Gasteiger partial charge in [0.25, 0.3) is 5.91 Å². The van der Waals surface area contributed by atoms with Crippen LogP contribution >= 0.6 is 23.2 Å². The fourth-order valence-electron chi connectivity index (χ4n) is 2.06. The standard InChI is InChI=1S/C17H15Cl2N3O6/c1-9(28-14-4-3-11(18)7-12(14)19)17(24)21-20-8-10-5-13(22(25)26)16(23)15(6-10)27-2/h3-9,23H,1-2H3,(H,21,24)/b20-8-/t9-/m0/s1. The predicted octanol–water partition coefficient (Wildman–Crippen LogP) is 3.53. The van der Waals surface area contributed by atoms with E-state index < -0.39 is 28.4 Å². The van der Waals surface area contributed by atoms with Crippen LogP contribution in [-0.2, 0) is 4.79 Å². The van der Waals surface area contributed by atoms with Gasteiger partial charge in [-0.25, -0.2) is 5.43 Å². The molecule has 1 atom stereocenters. The number of nitrogens with zero attached hydrogens (tertiary/aromatic N) is 2. The number of amides is 1. The average Bonchev–Trinajstić information content (AvgIpc) is 2.64. The lowest BCUT2D eigenvalue weighted by Gasteiger charge is -2.14. The maximum atomic E-state index is 12.1. The molecule has 1 amide bonds. The molecule has 0 spiro atoms. The molecule has 2 aromatic carbocycles. The van der Waals surface area contributed by atoms with E-state index in [2.05, 4.69) is 10.5 Å². The third-order valence-corrected chi connectivity index (χ3v) is 3.98. The van der Waals surface area contributed by atoms with Gasteiger partial charge in [0.05, 0.1) is 23.3 Å². The highest BCUT2D eigenvalue weighted by atomic mass is 35.5. The zero-order chi connectivity index (χ0) is 20.8. The first-order chi connectivity index (χ1) is 13.2. The Hall–Kier alpha value is -3.04. The van der Waals surface area contributed by atoms with E-state index in [9.17, 15) is 20.0 Å². The van der Waals surface area contributed by atoms with Crippen molar-refractivity contribution >= 4 is 41.0 Å². The number of rotatable bonds is 7. The SMILES string of the molecule is COc1cc(/C=N\NC(=O)[C@H](C)Oc2ccc(Cl)cc2Cl)cc([N+](=O)[O-])c1O. The summed E-state index contributed by atoms with van der Waals surface area (Å²) in [6, 6.07) is 6.98. The van der Waals surface area contributed by atoms with E-state index in [0.717, 1.165) is 12.3 Å². The van der Waals surface area contributed by atoms with Crippen molar-refractivity contribution in [2.45, 2.75) is 13.0 Å².